The Morgan fingerprint density at radius 2 is 1.69 bits per heavy atom. The van der Waals surface area contributed by atoms with E-state index in [-0.39, 0.29) is 39.8 Å². The van der Waals surface area contributed by atoms with Gasteiger partial charge in [0.1, 0.15) is 11.4 Å². The molecule has 0 aliphatic heterocycles. The first kappa shape index (κ1) is 19.5. The molecule has 0 bridgehead atoms. The first-order chi connectivity index (χ1) is 12.0. The molecular weight excluding hydrogens is 334 g/mol. The maximum absolute atomic E-state index is 12.0. The summed E-state index contributed by atoms with van der Waals surface area (Å²) in [7, 11) is 1.46. The highest BCUT2D eigenvalue weighted by Crippen LogP contribution is 2.33. The van der Waals surface area contributed by atoms with Crippen molar-refractivity contribution in [2.75, 3.05) is 17.7 Å². The Kier molecular flexibility index (Phi) is 5.11. The quantitative estimate of drug-likeness (QED) is 0.482. The van der Waals surface area contributed by atoms with Crippen molar-refractivity contribution < 1.29 is 9.90 Å². The van der Waals surface area contributed by atoms with Crippen molar-refractivity contribution in [2.24, 2.45) is 5.41 Å². The van der Waals surface area contributed by atoms with Gasteiger partial charge in [-0.25, -0.2) is 0 Å². The number of amides is 1. The summed E-state index contributed by atoms with van der Waals surface area (Å²) in [5.74, 6) is -0.725. The fourth-order valence-electron chi connectivity index (χ4n) is 2.40. The number of anilines is 3. The van der Waals surface area contributed by atoms with E-state index in [0.29, 0.717) is 0 Å². The molecule has 2 rings (SSSR count). The second kappa shape index (κ2) is 6.82. The minimum Gasteiger partial charge on any atom is -0.505 e. The molecule has 140 valence electrons. The Morgan fingerprint density at radius 1 is 1.12 bits per heavy atom. The van der Waals surface area contributed by atoms with Crippen molar-refractivity contribution in [3.8, 4) is 5.75 Å². The van der Waals surface area contributed by atoms with Crippen molar-refractivity contribution >= 4 is 23.0 Å². The zero-order valence-electron chi connectivity index (χ0n) is 15.9. The van der Waals surface area contributed by atoms with E-state index in [9.17, 15) is 19.5 Å². The van der Waals surface area contributed by atoms with Gasteiger partial charge in [0.15, 0.2) is 5.75 Å². The number of benzene rings is 1. The lowest BCUT2D eigenvalue weighted by atomic mass is 9.87. The highest BCUT2D eigenvalue weighted by atomic mass is 16.3. The number of hydrogen-bond acceptors (Lipinski definition) is 6. The van der Waals surface area contributed by atoms with Crippen LogP contribution < -0.4 is 26.8 Å². The molecule has 0 radical (unpaired) electrons. The molecule has 0 unspecified atom stereocenters. The Hall–Kier alpha value is -2.83. The van der Waals surface area contributed by atoms with Crippen molar-refractivity contribution in [1.82, 2.24) is 5.32 Å². The van der Waals surface area contributed by atoms with Crippen molar-refractivity contribution in [3.05, 3.63) is 43.7 Å². The van der Waals surface area contributed by atoms with Gasteiger partial charge >= 0.3 is 0 Å². The summed E-state index contributed by atoms with van der Waals surface area (Å²) >= 11 is 0. The number of aryl methyl sites for hydroxylation is 1. The normalized spacial score (nSPS) is 12.7. The van der Waals surface area contributed by atoms with E-state index in [1.54, 1.807) is 19.1 Å². The summed E-state index contributed by atoms with van der Waals surface area (Å²) in [4.78, 5) is 35.9. The second-order valence-electron chi connectivity index (χ2n) is 7.55. The molecule has 1 amide bonds. The Morgan fingerprint density at radius 3 is 2.23 bits per heavy atom. The van der Waals surface area contributed by atoms with E-state index >= 15 is 0 Å². The molecule has 0 heterocycles. The zero-order valence-corrected chi connectivity index (χ0v) is 15.9. The van der Waals surface area contributed by atoms with Gasteiger partial charge in [0.25, 0.3) is 16.8 Å². The highest BCUT2D eigenvalue weighted by Gasteiger charge is 2.27. The van der Waals surface area contributed by atoms with Gasteiger partial charge in [0, 0.05) is 13.1 Å². The summed E-state index contributed by atoms with van der Waals surface area (Å²) in [5, 5.41) is 18.7. The van der Waals surface area contributed by atoms with Crippen LogP contribution in [0.4, 0.5) is 17.1 Å². The standard InChI is InChI=1S/C19H25N3O4/c1-9-7-11(18(26)20-6)15(23)12(8-9)22-14-13(16(24)17(14)25)21-10(2)19(3,4)5/h7-8,10,21-23H,1-6H3,(H,20,26)/t10-/m0/s1. The molecule has 0 spiro atoms. The minimum atomic E-state index is -0.656. The van der Waals surface area contributed by atoms with Crippen LogP contribution in [-0.2, 0) is 0 Å². The fourth-order valence-corrected chi connectivity index (χ4v) is 2.40. The summed E-state index contributed by atoms with van der Waals surface area (Å²) in [5.41, 5.74) is -0.0731. The van der Waals surface area contributed by atoms with E-state index in [1.165, 1.54) is 7.05 Å². The van der Waals surface area contributed by atoms with Gasteiger partial charge in [-0.15, -0.1) is 0 Å². The van der Waals surface area contributed by atoms with E-state index in [1.807, 2.05) is 27.7 Å². The summed E-state index contributed by atoms with van der Waals surface area (Å²) in [6.45, 7) is 9.75. The number of carbonyl (C=O) groups excluding carboxylic acids is 1. The first-order valence-corrected chi connectivity index (χ1v) is 8.40. The molecule has 0 saturated carbocycles. The Labute approximate surface area is 152 Å². The maximum Gasteiger partial charge on any atom is 0.254 e. The maximum atomic E-state index is 12.0. The third kappa shape index (κ3) is 3.56. The molecule has 0 saturated heterocycles. The monoisotopic (exact) mass is 359 g/mol. The molecule has 0 aromatic heterocycles. The topological polar surface area (TPSA) is 108 Å². The predicted molar refractivity (Wildman–Crippen MR) is 103 cm³/mol. The third-order valence-electron chi connectivity index (χ3n) is 4.56. The van der Waals surface area contributed by atoms with Crippen molar-refractivity contribution in [1.29, 1.82) is 0 Å². The first-order valence-electron chi connectivity index (χ1n) is 8.40. The summed E-state index contributed by atoms with van der Waals surface area (Å²) in [6.07, 6.45) is 0. The van der Waals surface area contributed by atoms with Crippen LogP contribution in [0, 0.1) is 12.3 Å². The van der Waals surface area contributed by atoms with Crippen LogP contribution in [0.2, 0.25) is 0 Å². The van der Waals surface area contributed by atoms with E-state index in [2.05, 4.69) is 16.0 Å². The van der Waals surface area contributed by atoms with E-state index in [0.717, 1.165) is 5.56 Å². The minimum absolute atomic E-state index is 0.0566. The number of rotatable bonds is 5. The van der Waals surface area contributed by atoms with Crippen LogP contribution in [0.3, 0.4) is 0 Å². The number of phenolic OH excluding ortho intramolecular Hbond substituents is 1. The Balaban J connectivity index is 2.41. The number of aromatic hydroxyl groups is 1. The van der Waals surface area contributed by atoms with Gasteiger partial charge in [-0.3, -0.25) is 14.4 Å². The molecule has 2 aromatic rings. The third-order valence-corrected chi connectivity index (χ3v) is 4.56. The molecule has 26 heavy (non-hydrogen) atoms. The summed E-state index contributed by atoms with van der Waals surface area (Å²) < 4.78 is 0. The molecule has 7 nitrogen and oxygen atoms in total. The van der Waals surface area contributed by atoms with Crippen LogP contribution in [0.25, 0.3) is 0 Å². The average molecular weight is 359 g/mol. The number of nitrogens with one attached hydrogen (secondary N) is 3. The smallest absolute Gasteiger partial charge is 0.254 e. The molecule has 1 atom stereocenters. The van der Waals surface area contributed by atoms with Crippen LogP contribution in [-0.4, -0.2) is 24.1 Å². The molecule has 2 aromatic carbocycles. The average Bonchev–Trinajstić information content (AvgIpc) is 2.58. The lowest BCUT2D eigenvalue weighted by Gasteiger charge is -2.30. The molecule has 0 fully saturated rings. The van der Waals surface area contributed by atoms with Gasteiger partial charge in [0.2, 0.25) is 0 Å². The van der Waals surface area contributed by atoms with Crippen LogP contribution in [0.1, 0.15) is 43.6 Å². The molecule has 0 aliphatic carbocycles. The van der Waals surface area contributed by atoms with Gasteiger partial charge < -0.3 is 21.1 Å². The predicted octanol–water partition coefficient (Wildman–Crippen LogP) is 2.25. The van der Waals surface area contributed by atoms with Crippen LogP contribution in [0.5, 0.6) is 5.75 Å². The lowest BCUT2D eigenvalue weighted by Crippen LogP contribution is -2.41. The van der Waals surface area contributed by atoms with E-state index in [4.69, 9.17) is 0 Å². The molecular formula is C19H25N3O4. The van der Waals surface area contributed by atoms with E-state index < -0.39 is 16.8 Å². The number of carbonyl (C=O) groups is 1. The molecule has 7 heteroatoms. The highest BCUT2D eigenvalue weighted by molar-refractivity contribution is 5.99. The molecule has 0 aliphatic rings. The van der Waals surface area contributed by atoms with Gasteiger partial charge in [-0.1, -0.05) is 20.8 Å². The van der Waals surface area contributed by atoms with Gasteiger partial charge in [-0.05, 0) is 37.0 Å². The molecule has 4 N–H and O–H groups in total. The zero-order chi connectivity index (χ0) is 19.8. The van der Waals surface area contributed by atoms with Crippen molar-refractivity contribution in [3.63, 3.8) is 0 Å². The SMILES string of the molecule is CNC(=O)c1cc(C)cc(Nc2c(N[C@@H](C)C(C)(C)C)c(=O)c2=O)c1O. The van der Waals surface area contributed by atoms with Crippen LogP contribution >= 0.6 is 0 Å². The lowest BCUT2D eigenvalue weighted by molar-refractivity contribution is 0.0960. The van der Waals surface area contributed by atoms with Crippen LogP contribution in [0.15, 0.2) is 21.7 Å². The fraction of sp³-hybridized carbons (Fsp3) is 0.421. The Bertz CT molecular complexity index is 918. The summed E-state index contributed by atoms with van der Waals surface area (Å²) in [6, 6.07) is 3.09. The van der Waals surface area contributed by atoms with Gasteiger partial charge in [-0.2, -0.15) is 0 Å². The largest absolute Gasteiger partial charge is 0.505 e. The van der Waals surface area contributed by atoms with Crippen molar-refractivity contribution in [2.45, 2.75) is 40.7 Å². The van der Waals surface area contributed by atoms with Gasteiger partial charge in [0.05, 0.1) is 11.3 Å². The number of hydrogen-bond donors (Lipinski definition) is 4. The number of phenols is 1. The second-order valence-corrected chi connectivity index (χ2v) is 7.55.